The quantitative estimate of drug-likeness (QED) is 0.245. The number of hydrogen-bond donors (Lipinski definition) is 4. The summed E-state index contributed by atoms with van der Waals surface area (Å²) in [4.78, 5) is 46.5. The highest BCUT2D eigenvalue weighted by atomic mass is 16.2. The summed E-state index contributed by atoms with van der Waals surface area (Å²) in [5.41, 5.74) is 0.611. The van der Waals surface area contributed by atoms with Crippen LogP contribution in [-0.4, -0.2) is 49.8 Å². The molecule has 9 heteroatoms. The average Bonchev–Trinajstić information content (AvgIpc) is 2.80. The zero-order chi connectivity index (χ0) is 24.2. The molecule has 0 bridgehead atoms. The highest BCUT2D eigenvalue weighted by Gasteiger charge is 2.16. The second-order valence-electron chi connectivity index (χ2n) is 5.48. The Morgan fingerprint density at radius 3 is 1.39 bits per heavy atom. The number of amides is 4. The molecule has 31 heavy (non-hydrogen) atoms. The topological polar surface area (TPSA) is 120 Å². The smallest absolute Gasteiger partial charge is 0.257 e. The van der Waals surface area contributed by atoms with Gasteiger partial charge in [-0.3, -0.25) is 19.2 Å². The number of rotatable bonds is 10. The molecule has 0 radical (unpaired) electrons. The fourth-order valence-corrected chi connectivity index (χ4v) is 2.04. The third-order valence-electron chi connectivity index (χ3n) is 3.31. The van der Waals surface area contributed by atoms with Crippen molar-refractivity contribution in [3.05, 3.63) is 54.9 Å². The Bertz CT molecular complexity index is 689. The minimum atomic E-state index is -0.369. The van der Waals surface area contributed by atoms with Gasteiger partial charge in [0.05, 0.1) is 0 Å². The summed E-state index contributed by atoms with van der Waals surface area (Å²) >= 11 is 0. The first-order chi connectivity index (χ1) is 14.9. The van der Waals surface area contributed by atoms with E-state index in [1.54, 1.807) is 24.0 Å². The van der Waals surface area contributed by atoms with E-state index in [-0.39, 0.29) is 49.8 Å². The van der Waals surface area contributed by atoms with Crippen LogP contribution in [0.15, 0.2) is 43.8 Å². The lowest BCUT2D eigenvalue weighted by Gasteiger charge is -2.07. The summed E-state index contributed by atoms with van der Waals surface area (Å²) < 4.78 is 1.60. The van der Waals surface area contributed by atoms with Gasteiger partial charge in [0.2, 0.25) is 11.8 Å². The summed E-state index contributed by atoms with van der Waals surface area (Å²) in [7, 11) is 1.70. The summed E-state index contributed by atoms with van der Waals surface area (Å²) in [6.07, 6.45) is 5.46. The summed E-state index contributed by atoms with van der Waals surface area (Å²) in [5, 5.41) is 10.4. The van der Waals surface area contributed by atoms with Gasteiger partial charge in [-0.05, 0) is 18.2 Å². The van der Waals surface area contributed by atoms with Gasteiger partial charge in [-0.2, -0.15) is 0 Å². The first kappa shape index (κ1) is 29.7. The number of pyridine rings is 1. The first-order valence-electron chi connectivity index (χ1n) is 10.2. The van der Waals surface area contributed by atoms with Crippen molar-refractivity contribution < 1.29 is 23.7 Å². The second kappa shape index (κ2) is 18.5. The molecule has 172 valence electrons. The van der Waals surface area contributed by atoms with Gasteiger partial charge in [-0.25, -0.2) is 4.57 Å². The molecule has 0 unspecified atom stereocenters. The molecule has 0 aliphatic carbocycles. The number of hydrogen-bond acceptors (Lipinski definition) is 4. The molecule has 9 nitrogen and oxygen atoms in total. The fraction of sp³-hybridized carbons (Fsp3) is 0.409. The second-order valence-corrected chi connectivity index (χ2v) is 5.48. The Morgan fingerprint density at radius 2 is 1.06 bits per heavy atom. The van der Waals surface area contributed by atoms with Crippen LogP contribution in [0.4, 0.5) is 0 Å². The molecule has 1 rings (SSSR count). The summed E-state index contributed by atoms with van der Waals surface area (Å²) in [5.74, 6) is -1.38. The van der Waals surface area contributed by atoms with Gasteiger partial charge in [0, 0.05) is 26.2 Å². The molecule has 0 saturated carbocycles. The maximum Gasteiger partial charge on any atom is 0.257 e. The van der Waals surface area contributed by atoms with Crippen LogP contribution in [0.25, 0.3) is 0 Å². The number of nitrogens with zero attached hydrogens (tertiary/aromatic N) is 1. The van der Waals surface area contributed by atoms with E-state index in [2.05, 4.69) is 34.4 Å². The number of carbonyl (C=O) groups excluding carboxylic acids is 4. The zero-order valence-electron chi connectivity index (χ0n) is 19.2. The monoisotopic (exact) mass is 434 g/mol. The molecule has 4 amide bonds. The minimum absolute atomic E-state index is 0.238. The van der Waals surface area contributed by atoms with Crippen LogP contribution in [0.1, 0.15) is 48.4 Å². The number of aryl methyl sites for hydroxylation is 1. The van der Waals surface area contributed by atoms with E-state index in [9.17, 15) is 19.2 Å². The molecule has 0 spiro atoms. The van der Waals surface area contributed by atoms with Crippen molar-refractivity contribution in [3.8, 4) is 0 Å². The first-order valence-corrected chi connectivity index (χ1v) is 10.2. The Hall–Kier alpha value is -3.49. The molecule has 0 atom stereocenters. The van der Waals surface area contributed by atoms with Crippen LogP contribution >= 0.6 is 0 Å². The number of nitrogens with one attached hydrogen (secondary N) is 4. The van der Waals surface area contributed by atoms with Gasteiger partial charge in [0.15, 0.2) is 12.4 Å². The van der Waals surface area contributed by atoms with E-state index in [4.69, 9.17) is 0 Å². The van der Waals surface area contributed by atoms with E-state index < -0.39 is 0 Å². The third-order valence-corrected chi connectivity index (χ3v) is 3.31. The molecular weight excluding hydrogens is 398 g/mol. The van der Waals surface area contributed by atoms with E-state index >= 15 is 0 Å². The molecule has 1 heterocycles. The van der Waals surface area contributed by atoms with Gasteiger partial charge in [0.25, 0.3) is 11.8 Å². The number of carbonyl (C=O) groups is 4. The standard InChI is InChI=1S/C18H23N5O4.2C2H6/c1-4-15(24)19-6-8-21-17(26)13-10-14(12-23(3)11-13)18(27)22-9-7-20-16(25)5-2;2*1-2/h4-5,10-12H,1-2,6-9H2,3H3,(H3-,19,20,21,22,24,25,26,27);2*1-2H3/p+1. The normalized spacial score (nSPS) is 8.81. The van der Waals surface area contributed by atoms with E-state index in [0.717, 1.165) is 12.2 Å². The lowest BCUT2D eigenvalue weighted by atomic mass is 10.1. The molecule has 0 aromatic carbocycles. The third kappa shape index (κ3) is 13.4. The van der Waals surface area contributed by atoms with Crippen molar-refractivity contribution in [2.75, 3.05) is 26.2 Å². The van der Waals surface area contributed by atoms with Crippen LogP contribution in [0.3, 0.4) is 0 Å². The van der Waals surface area contributed by atoms with E-state index in [0.29, 0.717) is 11.1 Å². The fourth-order valence-electron chi connectivity index (χ4n) is 2.04. The predicted molar refractivity (Wildman–Crippen MR) is 121 cm³/mol. The molecule has 0 saturated heterocycles. The van der Waals surface area contributed by atoms with Crippen LogP contribution < -0.4 is 25.8 Å². The Balaban J connectivity index is 0. The Labute approximate surface area is 185 Å². The average molecular weight is 435 g/mol. The van der Waals surface area contributed by atoms with Gasteiger partial charge in [-0.15, -0.1) is 0 Å². The van der Waals surface area contributed by atoms with E-state index in [1.165, 1.54) is 6.07 Å². The zero-order valence-corrected chi connectivity index (χ0v) is 19.2. The van der Waals surface area contributed by atoms with Crippen LogP contribution in [-0.2, 0) is 16.6 Å². The summed E-state index contributed by atoms with van der Waals surface area (Å²) in [6, 6.07) is 1.47. The van der Waals surface area contributed by atoms with Gasteiger partial charge in [0.1, 0.15) is 18.2 Å². The largest absolute Gasteiger partial charge is 0.351 e. The molecule has 0 aliphatic heterocycles. The molecular formula is C22H36N5O4+. The van der Waals surface area contributed by atoms with Crippen molar-refractivity contribution in [3.63, 3.8) is 0 Å². The Morgan fingerprint density at radius 1 is 0.742 bits per heavy atom. The van der Waals surface area contributed by atoms with Gasteiger partial charge < -0.3 is 21.3 Å². The predicted octanol–water partition coefficient (Wildman–Crippen LogP) is 0.628. The summed E-state index contributed by atoms with van der Waals surface area (Å²) in [6.45, 7) is 15.7. The highest BCUT2D eigenvalue weighted by Crippen LogP contribution is 2.01. The lowest BCUT2D eigenvalue weighted by molar-refractivity contribution is -0.671. The molecule has 0 aliphatic rings. The van der Waals surface area contributed by atoms with Gasteiger partial charge in [-0.1, -0.05) is 40.9 Å². The van der Waals surface area contributed by atoms with Crippen LogP contribution in [0.5, 0.6) is 0 Å². The Kier molecular flexibility index (Phi) is 17.8. The SMILES string of the molecule is C=CC(=O)NCCNC(=O)c1cc(C(=O)NCCNC(=O)C=C)c[n+](C)c1.CC.CC. The molecule has 4 N–H and O–H groups in total. The van der Waals surface area contributed by atoms with Crippen molar-refractivity contribution in [2.24, 2.45) is 7.05 Å². The lowest BCUT2D eigenvalue weighted by Crippen LogP contribution is -2.38. The van der Waals surface area contributed by atoms with E-state index in [1.807, 2.05) is 27.7 Å². The van der Waals surface area contributed by atoms with Crippen molar-refractivity contribution in [1.82, 2.24) is 21.3 Å². The number of aromatic nitrogens is 1. The van der Waals surface area contributed by atoms with Crippen LogP contribution in [0.2, 0.25) is 0 Å². The van der Waals surface area contributed by atoms with Gasteiger partial charge >= 0.3 is 0 Å². The maximum atomic E-state index is 12.2. The van der Waals surface area contributed by atoms with Crippen molar-refractivity contribution in [1.29, 1.82) is 0 Å². The van der Waals surface area contributed by atoms with Crippen molar-refractivity contribution in [2.45, 2.75) is 27.7 Å². The maximum absolute atomic E-state index is 12.2. The molecule has 0 fully saturated rings. The van der Waals surface area contributed by atoms with Crippen LogP contribution in [0, 0.1) is 0 Å². The molecule has 1 aromatic rings. The molecule has 1 aromatic heterocycles. The minimum Gasteiger partial charge on any atom is -0.351 e. The highest BCUT2D eigenvalue weighted by molar-refractivity contribution is 5.98. The van der Waals surface area contributed by atoms with Crippen molar-refractivity contribution >= 4 is 23.6 Å².